The summed E-state index contributed by atoms with van der Waals surface area (Å²) in [5, 5.41) is 4.18. The van der Waals surface area contributed by atoms with Crippen molar-refractivity contribution in [1.82, 2.24) is 9.78 Å². The second-order valence-corrected chi connectivity index (χ2v) is 3.22. The van der Waals surface area contributed by atoms with E-state index in [1.54, 1.807) is 6.21 Å². The van der Waals surface area contributed by atoms with E-state index in [2.05, 4.69) is 30.5 Å². The van der Waals surface area contributed by atoms with Crippen molar-refractivity contribution >= 4 is 6.21 Å². The number of hydrogen-bond acceptors (Lipinski definition) is 2. The lowest BCUT2D eigenvalue weighted by atomic mass is 10.1. The zero-order chi connectivity index (χ0) is 9.84. The number of rotatable bonds is 3. The highest BCUT2D eigenvalue weighted by Gasteiger charge is 2.08. The van der Waals surface area contributed by atoms with E-state index in [1.165, 1.54) is 11.8 Å². The molecule has 0 amide bonds. The second kappa shape index (κ2) is 4.03. The highest BCUT2D eigenvalue weighted by atomic mass is 15.3. The fourth-order valence-electron chi connectivity index (χ4n) is 1.19. The van der Waals surface area contributed by atoms with Crippen LogP contribution in [0.25, 0.3) is 0 Å². The molecule has 0 radical (unpaired) electrons. The topological polar surface area (TPSA) is 30.2 Å². The van der Waals surface area contributed by atoms with Gasteiger partial charge >= 0.3 is 0 Å². The maximum absolute atomic E-state index is 4.18. The van der Waals surface area contributed by atoms with Crippen molar-refractivity contribution in [3.63, 3.8) is 0 Å². The Balaban J connectivity index is 3.08. The van der Waals surface area contributed by atoms with Gasteiger partial charge in [-0.15, -0.1) is 0 Å². The molecule has 0 aliphatic rings. The first kappa shape index (κ1) is 9.71. The first-order chi connectivity index (χ1) is 6.16. The number of hydrogen-bond donors (Lipinski definition) is 0. The predicted octanol–water partition coefficient (Wildman–Crippen LogP) is 2.11. The Hall–Kier alpha value is -1.38. The minimum Gasteiger partial charge on any atom is -0.267 e. The van der Waals surface area contributed by atoms with Crippen molar-refractivity contribution in [3.8, 4) is 0 Å². The summed E-state index contributed by atoms with van der Waals surface area (Å²) >= 11 is 0. The van der Waals surface area contributed by atoms with Crippen LogP contribution in [-0.2, 0) is 7.05 Å². The molecule has 0 saturated carbocycles. The SMILES string of the molecule is C=CN=Cc1c(C(C)C)cnn1C. The first-order valence-corrected chi connectivity index (χ1v) is 4.32. The summed E-state index contributed by atoms with van der Waals surface area (Å²) < 4.78 is 1.82. The van der Waals surface area contributed by atoms with Crippen molar-refractivity contribution in [2.75, 3.05) is 0 Å². The number of aromatic nitrogens is 2. The molecule has 1 aromatic rings. The molecular formula is C10H15N3. The van der Waals surface area contributed by atoms with Crippen LogP contribution >= 0.6 is 0 Å². The quantitative estimate of drug-likeness (QED) is 0.650. The average Bonchev–Trinajstić information content (AvgIpc) is 2.43. The van der Waals surface area contributed by atoms with Gasteiger partial charge < -0.3 is 0 Å². The monoisotopic (exact) mass is 177 g/mol. The summed E-state index contributed by atoms with van der Waals surface area (Å²) in [6.45, 7) is 7.82. The fraction of sp³-hybridized carbons (Fsp3) is 0.400. The van der Waals surface area contributed by atoms with Crippen LogP contribution in [0, 0.1) is 0 Å². The number of nitrogens with zero attached hydrogens (tertiary/aromatic N) is 3. The van der Waals surface area contributed by atoms with Crippen molar-refractivity contribution in [3.05, 3.63) is 30.2 Å². The lowest BCUT2D eigenvalue weighted by molar-refractivity contribution is 0.758. The molecule has 0 aromatic carbocycles. The molecule has 0 saturated heterocycles. The Kier molecular flexibility index (Phi) is 3.01. The zero-order valence-corrected chi connectivity index (χ0v) is 8.36. The third-order valence-corrected chi connectivity index (χ3v) is 1.94. The zero-order valence-electron chi connectivity index (χ0n) is 8.36. The van der Waals surface area contributed by atoms with E-state index in [-0.39, 0.29) is 0 Å². The molecule has 1 aromatic heterocycles. The molecule has 13 heavy (non-hydrogen) atoms. The summed E-state index contributed by atoms with van der Waals surface area (Å²) in [5.41, 5.74) is 2.27. The van der Waals surface area contributed by atoms with E-state index in [0.29, 0.717) is 5.92 Å². The molecule has 0 aliphatic heterocycles. The minimum atomic E-state index is 0.472. The van der Waals surface area contributed by atoms with Gasteiger partial charge in [0.1, 0.15) is 0 Å². The van der Waals surface area contributed by atoms with Gasteiger partial charge in [0.2, 0.25) is 0 Å². The normalized spacial score (nSPS) is 11.4. The van der Waals surface area contributed by atoms with Crippen LogP contribution in [0.2, 0.25) is 0 Å². The van der Waals surface area contributed by atoms with Gasteiger partial charge in [0.05, 0.1) is 18.1 Å². The third kappa shape index (κ3) is 2.05. The first-order valence-electron chi connectivity index (χ1n) is 4.32. The van der Waals surface area contributed by atoms with Gasteiger partial charge in [-0.1, -0.05) is 20.4 Å². The van der Waals surface area contributed by atoms with Gasteiger partial charge in [-0.25, -0.2) is 0 Å². The van der Waals surface area contributed by atoms with Crippen LogP contribution in [0.3, 0.4) is 0 Å². The Morgan fingerprint density at radius 3 is 2.85 bits per heavy atom. The fourth-order valence-corrected chi connectivity index (χ4v) is 1.19. The third-order valence-electron chi connectivity index (χ3n) is 1.94. The van der Waals surface area contributed by atoms with Crippen molar-refractivity contribution < 1.29 is 0 Å². The van der Waals surface area contributed by atoms with Crippen molar-refractivity contribution in [1.29, 1.82) is 0 Å². The minimum absolute atomic E-state index is 0.472. The van der Waals surface area contributed by atoms with Gasteiger partial charge in [0, 0.05) is 18.8 Å². The van der Waals surface area contributed by atoms with Gasteiger partial charge in [-0.3, -0.25) is 9.67 Å². The summed E-state index contributed by atoms with van der Waals surface area (Å²) in [6.07, 6.45) is 5.20. The molecule has 0 fully saturated rings. The highest BCUT2D eigenvalue weighted by Crippen LogP contribution is 2.16. The smallest absolute Gasteiger partial charge is 0.0823 e. The van der Waals surface area contributed by atoms with Gasteiger partial charge in [-0.05, 0) is 5.92 Å². The number of aryl methyl sites for hydroxylation is 1. The molecule has 0 N–H and O–H groups in total. The van der Waals surface area contributed by atoms with Gasteiger partial charge in [0.25, 0.3) is 0 Å². The van der Waals surface area contributed by atoms with E-state index in [1.807, 2.05) is 17.9 Å². The van der Waals surface area contributed by atoms with Gasteiger partial charge in [0.15, 0.2) is 0 Å². The van der Waals surface area contributed by atoms with Crippen molar-refractivity contribution in [2.45, 2.75) is 19.8 Å². The Labute approximate surface area is 78.8 Å². The standard InChI is InChI=1S/C10H15N3/c1-5-11-7-10-9(8(2)3)6-12-13(10)4/h5-8H,1H2,2-4H3. The lowest BCUT2D eigenvalue weighted by Gasteiger charge is -2.02. The largest absolute Gasteiger partial charge is 0.267 e. The molecular weight excluding hydrogens is 162 g/mol. The predicted molar refractivity (Wildman–Crippen MR) is 55.1 cm³/mol. The average molecular weight is 177 g/mol. The van der Waals surface area contributed by atoms with Crippen LogP contribution in [0.15, 0.2) is 24.0 Å². The van der Waals surface area contributed by atoms with Crippen LogP contribution in [-0.4, -0.2) is 16.0 Å². The number of aliphatic imine (C=N–C) groups is 1. The molecule has 0 unspecified atom stereocenters. The van der Waals surface area contributed by atoms with E-state index < -0.39 is 0 Å². The molecule has 0 aliphatic carbocycles. The molecule has 70 valence electrons. The highest BCUT2D eigenvalue weighted by molar-refractivity contribution is 5.80. The molecule has 3 nitrogen and oxygen atoms in total. The maximum Gasteiger partial charge on any atom is 0.0823 e. The van der Waals surface area contributed by atoms with Crippen LogP contribution < -0.4 is 0 Å². The maximum atomic E-state index is 4.18. The summed E-state index contributed by atoms with van der Waals surface area (Å²) in [7, 11) is 1.91. The van der Waals surface area contributed by atoms with Crippen LogP contribution in [0.1, 0.15) is 31.0 Å². The van der Waals surface area contributed by atoms with Crippen LogP contribution in [0.5, 0.6) is 0 Å². The van der Waals surface area contributed by atoms with E-state index in [9.17, 15) is 0 Å². The van der Waals surface area contributed by atoms with Crippen molar-refractivity contribution in [2.24, 2.45) is 12.0 Å². The van der Waals surface area contributed by atoms with E-state index >= 15 is 0 Å². The lowest BCUT2D eigenvalue weighted by Crippen LogP contribution is -2.00. The Morgan fingerprint density at radius 1 is 1.62 bits per heavy atom. The summed E-state index contributed by atoms with van der Waals surface area (Å²) in [4.78, 5) is 4.00. The molecule has 0 bridgehead atoms. The second-order valence-electron chi connectivity index (χ2n) is 3.22. The Bertz CT molecular complexity index is 321. The molecule has 1 heterocycles. The molecule has 3 heteroatoms. The van der Waals surface area contributed by atoms with E-state index in [4.69, 9.17) is 0 Å². The summed E-state index contributed by atoms with van der Waals surface area (Å²) in [5.74, 6) is 0.472. The summed E-state index contributed by atoms with van der Waals surface area (Å²) in [6, 6.07) is 0. The molecule has 1 rings (SSSR count). The Morgan fingerprint density at radius 2 is 2.31 bits per heavy atom. The van der Waals surface area contributed by atoms with Gasteiger partial charge in [-0.2, -0.15) is 5.10 Å². The van der Waals surface area contributed by atoms with Crippen LogP contribution in [0.4, 0.5) is 0 Å². The molecule has 0 atom stereocenters. The van der Waals surface area contributed by atoms with E-state index in [0.717, 1.165) is 5.69 Å². The molecule has 0 spiro atoms.